The molecule has 1 aromatic carbocycles. The van der Waals surface area contributed by atoms with Crippen molar-refractivity contribution in [2.75, 3.05) is 0 Å². The van der Waals surface area contributed by atoms with Crippen LogP contribution >= 0.6 is 0 Å². The minimum Gasteiger partial charge on any atom is -0.454 e. The zero-order valence-corrected chi connectivity index (χ0v) is 13.0. The lowest BCUT2D eigenvalue weighted by molar-refractivity contribution is 0.477. The molecule has 0 aliphatic carbocycles. The van der Waals surface area contributed by atoms with Crippen molar-refractivity contribution >= 4 is 17.2 Å². The van der Waals surface area contributed by atoms with Crippen LogP contribution in [0.2, 0.25) is 0 Å². The molecule has 0 radical (unpaired) electrons. The first-order valence-corrected chi connectivity index (χ1v) is 7.55. The van der Waals surface area contributed by atoms with Crippen LogP contribution in [0.4, 0.5) is 0 Å². The average molecular weight is 303 g/mol. The molecule has 110 valence electrons. The molecule has 6 heteroatoms. The van der Waals surface area contributed by atoms with Gasteiger partial charge >= 0.3 is 0 Å². The Bertz CT molecular complexity index is 634. The lowest BCUT2D eigenvalue weighted by Gasteiger charge is -2.12. The summed E-state index contributed by atoms with van der Waals surface area (Å²) in [5, 5.41) is 0. The molecule has 2 rings (SSSR count). The molecule has 0 amide bonds. The number of ether oxygens (including phenoxy) is 1. The van der Waals surface area contributed by atoms with Crippen LogP contribution in [0.25, 0.3) is 0 Å². The van der Waals surface area contributed by atoms with E-state index in [1.54, 1.807) is 18.6 Å². The lowest BCUT2D eigenvalue weighted by Crippen LogP contribution is -2.19. The third kappa shape index (κ3) is 4.75. The van der Waals surface area contributed by atoms with Gasteiger partial charge < -0.3 is 4.74 Å². The van der Waals surface area contributed by atoms with Gasteiger partial charge in [0.2, 0.25) is 0 Å². The van der Waals surface area contributed by atoms with Gasteiger partial charge in [0, 0.05) is 6.21 Å². The first kappa shape index (κ1) is 15.3. The Morgan fingerprint density at radius 1 is 1.10 bits per heavy atom. The highest BCUT2D eigenvalue weighted by Crippen LogP contribution is 2.19. The molecular formula is C15H17N3O2S. The molecule has 0 N–H and O–H groups in total. The summed E-state index contributed by atoms with van der Waals surface area (Å²) in [5.41, 5.74) is 0.865. The van der Waals surface area contributed by atoms with E-state index >= 15 is 0 Å². The van der Waals surface area contributed by atoms with Gasteiger partial charge in [0.1, 0.15) is 23.1 Å². The molecule has 0 saturated carbocycles. The van der Waals surface area contributed by atoms with Crippen molar-refractivity contribution in [2.45, 2.75) is 25.5 Å². The standard InChI is InChI=1S/C15H17N3O2S/c1-15(2,3)21(19)18-8-12-4-6-13(7-5-12)20-14-9-16-11-17-10-14/h4-11H,1-3H3/t21-/m1/s1. The van der Waals surface area contributed by atoms with E-state index < -0.39 is 11.0 Å². The minimum atomic E-state index is -1.25. The van der Waals surface area contributed by atoms with Gasteiger partial charge in [0.15, 0.2) is 5.75 Å². The third-order valence-electron chi connectivity index (χ3n) is 2.47. The molecule has 0 unspecified atom stereocenters. The van der Waals surface area contributed by atoms with Crippen molar-refractivity contribution < 1.29 is 8.95 Å². The zero-order valence-electron chi connectivity index (χ0n) is 12.2. The predicted molar refractivity (Wildman–Crippen MR) is 84.0 cm³/mol. The Labute approximate surface area is 126 Å². The van der Waals surface area contributed by atoms with Gasteiger partial charge in [-0.2, -0.15) is 4.40 Å². The molecule has 0 aliphatic heterocycles. The molecule has 1 atom stereocenters. The molecular weight excluding hydrogens is 286 g/mol. The van der Waals surface area contributed by atoms with Gasteiger partial charge in [-0.3, -0.25) is 0 Å². The summed E-state index contributed by atoms with van der Waals surface area (Å²) in [6.07, 6.45) is 6.24. The smallest absolute Gasteiger partial charge is 0.163 e. The third-order valence-corrected chi connectivity index (χ3v) is 3.82. The van der Waals surface area contributed by atoms with Gasteiger partial charge in [-0.25, -0.2) is 14.2 Å². The predicted octanol–water partition coefficient (Wildman–Crippen LogP) is 3.15. The molecule has 21 heavy (non-hydrogen) atoms. The van der Waals surface area contributed by atoms with E-state index in [2.05, 4.69) is 14.4 Å². The second-order valence-electron chi connectivity index (χ2n) is 5.34. The highest BCUT2D eigenvalue weighted by molar-refractivity contribution is 7.85. The maximum atomic E-state index is 11.8. The van der Waals surface area contributed by atoms with Crippen molar-refractivity contribution in [3.8, 4) is 11.5 Å². The first-order chi connectivity index (χ1) is 9.95. The van der Waals surface area contributed by atoms with E-state index in [4.69, 9.17) is 4.74 Å². The molecule has 2 aromatic rings. The minimum absolute atomic E-state index is 0.354. The fourth-order valence-electron chi connectivity index (χ4n) is 1.36. The summed E-state index contributed by atoms with van der Waals surface area (Å²) < 4.78 is 21.1. The van der Waals surface area contributed by atoms with Crippen LogP contribution in [-0.2, 0) is 11.0 Å². The van der Waals surface area contributed by atoms with Crippen LogP contribution in [0.15, 0.2) is 47.4 Å². The van der Waals surface area contributed by atoms with Crippen LogP contribution in [0.3, 0.4) is 0 Å². The van der Waals surface area contributed by atoms with Crippen LogP contribution in [-0.4, -0.2) is 25.1 Å². The lowest BCUT2D eigenvalue weighted by atomic mass is 10.2. The molecule has 0 aliphatic rings. The van der Waals surface area contributed by atoms with E-state index in [9.17, 15) is 4.21 Å². The molecule has 5 nitrogen and oxygen atoms in total. The Hall–Kier alpha value is -2.08. The van der Waals surface area contributed by atoms with Crippen LogP contribution in [0.1, 0.15) is 26.3 Å². The second kappa shape index (κ2) is 6.58. The Morgan fingerprint density at radius 3 is 2.29 bits per heavy atom. The van der Waals surface area contributed by atoms with Crippen molar-refractivity contribution in [3.05, 3.63) is 48.5 Å². The molecule has 0 saturated heterocycles. The van der Waals surface area contributed by atoms with Crippen molar-refractivity contribution in [2.24, 2.45) is 4.40 Å². The molecule has 1 heterocycles. The Morgan fingerprint density at radius 2 is 1.71 bits per heavy atom. The summed E-state index contributed by atoms with van der Waals surface area (Å²) in [4.78, 5) is 7.76. The highest BCUT2D eigenvalue weighted by atomic mass is 32.2. The van der Waals surface area contributed by atoms with Crippen molar-refractivity contribution in [1.29, 1.82) is 0 Å². The number of hydrogen-bond acceptors (Lipinski definition) is 4. The van der Waals surface area contributed by atoms with Gasteiger partial charge in [-0.1, -0.05) is 0 Å². The number of aromatic nitrogens is 2. The van der Waals surface area contributed by atoms with Gasteiger partial charge in [-0.15, -0.1) is 0 Å². The summed E-state index contributed by atoms with van der Waals surface area (Å²) in [7, 11) is -1.25. The topological polar surface area (TPSA) is 64.4 Å². The fraction of sp³-hybridized carbons (Fsp3) is 0.267. The van der Waals surface area contributed by atoms with Gasteiger partial charge in [0.05, 0.1) is 17.1 Å². The maximum absolute atomic E-state index is 11.8. The van der Waals surface area contributed by atoms with Crippen LogP contribution in [0.5, 0.6) is 11.5 Å². The number of nitrogens with zero attached hydrogens (tertiary/aromatic N) is 3. The first-order valence-electron chi connectivity index (χ1n) is 6.44. The Kier molecular flexibility index (Phi) is 4.80. The largest absolute Gasteiger partial charge is 0.454 e. The van der Waals surface area contributed by atoms with Gasteiger partial charge in [0.25, 0.3) is 0 Å². The highest BCUT2D eigenvalue weighted by Gasteiger charge is 2.17. The molecule has 0 fully saturated rings. The van der Waals surface area contributed by atoms with Crippen molar-refractivity contribution in [1.82, 2.24) is 9.97 Å². The number of benzene rings is 1. The monoisotopic (exact) mass is 303 g/mol. The summed E-state index contributed by atoms with van der Waals surface area (Å²) in [6, 6.07) is 7.33. The van der Waals surface area contributed by atoms with E-state index in [1.807, 2.05) is 45.0 Å². The van der Waals surface area contributed by atoms with E-state index in [0.717, 1.165) is 5.56 Å². The Balaban J connectivity index is 2.03. The van der Waals surface area contributed by atoms with E-state index in [1.165, 1.54) is 6.33 Å². The molecule has 0 spiro atoms. The number of hydrogen-bond donors (Lipinski definition) is 0. The summed E-state index contributed by atoms with van der Waals surface area (Å²) >= 11 is 0. The second-order valence-corrected chi connectivity index (χ2v) is 7.28. The molecule has 0 bridgehead atoms. The number of rotatable bonds is 4. The summed E-state index contributed by atoms with van der Waals surface area (Å²) in [6.45, 7) is 5.66. The van der Waals surface area contributed by atoms with E-state index in [-0.39, 0.29) is 4.75 Å². The normalized spacial score (nSPS) is 13.3. The van der Waals surface area contributed by atoms with Crippen molar-refractivity contribution in [3.63, 3.8) is 0 Å². The zero-order chi connectivity index (χ0) is 15.3. The SMILES string of the molecule is CC(C)(C)[S@@](=O)N=Cc1ccc(Oc2cncnc2)cc1. The van der Waals surface area contributed by atoms with Crippen LogP contribution in [0, 0.1) is 0 Å². The molecule has 1 aromatic heterocycles. The quantitative estimate of drug-likeness (QED) is 0.814. The van der Waals surface area contributed by atoms with Crippen LogP contribution < -0.4 is 4.74 Å². The fourth-order valence-corrected chi connectivity index (χ4v) is 1.90. The van der Waals surface area contributed by atoms with E-state index in [0.29, 0.717) is 11.5 Å². The maximum Gasteiger partial charge on any atom is 0.163 e. The average Bonchev–Trinajstić information content (AvgIpc) is 2.46. The summed E-state index contributed by atoms with van der Waals surface area (Å²) in [5.74, 6) is 1.26. The van der Waals surface area contributed by atoms with Gasteiger partial charge in [-0.05, 0) is 50.6 Å².